The zero-order valence-corrected chi connectivity index (χ0v) is 11.9. The van der Waals surface area contributed by atoms with Crippen LogP contribution in [0, 0.1) is 0 Å². The molecule has 0 saturated carbocycles. The first kappa shape index (κ1) is 13.6. The zero-order chi connectivity index (χ0) is 15.0. The highest BCUT2D eigenvalue weighted by atomic mass is 32.1. The van der Waals surface area contributed by atoms with Crippen molar-refractivity contribution in [2.24, 2.45) is 5.84 Å². The Kier molecular flexibility index (Phi) is 3.15. The molecule has 0 radical (unpaired) electrons. The van der Waals surface area contributed by atoms with Gasteiger partial charge in [-0.15, -0.1) is 0 Å². The fourth-order valence-corrected chi connectivity index (χ4v) is 2.89. The third-order valence-electron chi connectivity index (χ3n) is 3.28. The van der Waals surface area contributed by atoms with Crippen molar-refractivity contribution in [1.82, 2.24) is 15.2 Å². The Morgan fingerprint density at radius 1 is 1.57 bits per heavy atom. The van der Waals surface area contributed by atoms with Gasteiger partial charge in [-0.2, -0.15) is 0 Å². The Labute approximate surface area is 123 Å². The van der Waals surface area contributed by atoms with Crippen LogP contribution in [0.3, 0.4) is 0 Å². The summed E-state index contributed by atoms with van der Waals surface area (Å²) in [5.41, 5.74) is 1.24. The highest BCUT2D eigenvalue weighted by Gasteiger charge is 2.50. The molecule has 8 nitrogen and oxygen atoms in total. The topological polar surface area (TPSA) is 113 Å². The number of furan rings is 1. The van der Waals surface area contributed by atoms with Crippen molar-refractivity contribution in [2.45, 2.75) is 19.0 Å². The lowest BCUT2D eigenvalue weighted by Gasteiger charge is -2.18. The molecule has 0 bridgehead atoms. The van der Waals surface area contributed by atoms with Crippen molar-refractivity contribution in [3.63, 3.8) is 0 Å². The Hall–Kier alpha value is -2.39. The van der Waals surface area contributed by atoms with E-state index in [2.05, 4.69) is 15.7 Å². The van der Waals surface area contributed by atoms with E-state index in [1.54, 1.807) is 25.3 Å². The summed E-state index contributed by atoms with van der Waals surface area (Å²) in [6.07, 6.45) is 3.04. The number of nitrogens with one attached hydrogen (secondary N) is 2. The van der Waals surface area contributed by atoms with Crippen molar-refractivity contribution in [2.75, 3.05) is 5.43 Å². The molecular weight excluding hydrogens is 294 g/mol. The molecule has 3 rings (SSSR count). The highest BCUT2D eigenvalue weighted by molar-refractivity contribution is 7.15. The number of nitrogens with two attached hydrogens (primary N) is 1. The monoisotopic (exact) mass is 307 g/mol. The molecule has 0 spiro atoms. The number of carbonyl (C=O) groups excluding carboxylic acids is 2. The van der Waals surface area contributed by atoms with Crippen LogP contribution in [0.4, 0.5) is 9.93 Å². The lowest BCUT2D eigenvalue weighted by molar-refractivity contribution is -0.132. The molecule has 3 heterocycles. The molecule has 4 N–H and O–H groups in total. The predicted octanol–water partition coefficient (Wildman–Crippen LogP) is 0.989. The van der Waals surface area contributed by atoms with E-state index < -0.39 is 11.6 Å². The molecule has 1 aliphatic rings. The summed E-state index contributed by atoms with van der Waals surface area (Å²) in [5.74, 6) is 5.30. The number of hydrogen-bond acceptors (Lipinski definition) is 7. The second-order valence-corrected chi connectivity index (χ2v) is 5.82. The molecule has 1 saturated heterocycles. The van der Waals surface area contributed by atoms with E-state index in [1.165, 1.54) is 17.6 Å². The molecule has 2 aromatic heterocycles. The lowest BCUT2D eigenvalue weighted by atomic mass is 9.99. The van der Waals surface area contributed by atoms with Gasteiger partial charge < -0.3 is 9.73 Å². The number of hydrogen-bond donors (Lipinski definition) is 3. The number of thiazole rings is 1. The van der Waals surface area contributed by atoms with Gasteiger partial charge in [0.25, 0.3) is 5.91 Å². The third-order valence-corrected chi connectivity index (χ3v) is 4.19. The largest absolute Gasteiger partial charge is 0.466 e. The summed E-state index contributed by atoms with van der Waals surface area (Å²) in [4.78, 5) is 30.5. The Bertz CT molecular complexity index is 683. The molecule has 2 aromatic rings. The number of nitrogen functional groups attached to an aromatic ring is 1. The second-order valence-electron chi connectivity index (χ2n) is 4.70. The molecule has 3 amide bonds. The highest BCUT2D eigenvalue weighted by Crippen LogP contribution is 2.30. The van der Waals surface area contributed by atoms with Crippen LogP contribution >= 0.6 is 11.3 Å². The van der Waals surface area contributed by atoms with Crippen molar-refractivity contribution >= 4 is 28.4 Å². The summed E-state index contributed by atoms with van der Waals surface area (Å²) in [7, 11) is 0. The quantitative estimate of drug-likeness (QED) is 0.441. The number of aromatic nitrogens is 1. The molecule has 9 heteroatoms. The van der Waals surface area contributed by atoms with Gasteiger partial charge in [0.1, 0.15) is 5.76 Å². The van der Waals surface area contributed by atoms with Crippen molar-refractivity contribution in [3.05, 3.63) is 35.2 Å². The van der Waals surface area contributed by atoms with Crippen molar-refractivity contribution in [3.8, 4) is 0 Å². The van der Waals surface area contributed by atoms with Gasteiger partial charge in [-0.3, -0.25) is 15.1 Å². The van der Waals surface area contributed by atoms with Crippen molar-refractivity contribution < 1.29 is 14.0 Å². The Balaban J connectivity index is 1.84. The lowest BCUT2D eigenvalue weighted by Crippen LogP contribution is -2.40. The number of urea groups is 1. The smallest absolute Gasteiger partial charge is 0.325 e. The number of nitrogens with zero attached hydrogens (tertiary/aromatic N) is 2. The number of amides is 3. The number of imide groups is 1. The van der Waals surface area contributed by atoms with E-state index >= 15 is 0 Å². The zero-order valence-electron chi connectivity index (χ0n) is 11.1. The van der Waals surface area contributed by atoms with Gasteiger partial charge in [0.2, 0.25) is 0 Å². The van der Waals surface area contributed by atoms with Gasteiger partial charge in [-0.05, 0) is 19.1 Å². The fraction of sp³-hybridized carbons (Fsp3) is 0.250. The van der Waals surface area contributed by atoms with Gasteiger partial charge in [0.15, 0.2) is 10.7 Å². The van der Waals surface area contributed by atoms with E-state index in [9.17, 15) is 9.59 Å². The number of hydrazine groups is 1. The first-order valence-electron chi connectivity index (χ1n) is 6.14. The molecular formula is C12H13N5O3S. The van der Waals surface area contributed by atoms with Crippen LogP contribution in [0.15, 0.2) is 29.0 Å². The minimum Gasteiger partial charge on any atom is -0.466 e. The van der Waals surface area contributed by atoms with Crippen LogP contribution in [0.25, 0.3) is 0 Å². The summed E-state index contributed by atoms with van der Waals surface area (Å²) >= 11 is 1.28. The van der Waals surface area contributed by atoms with Crippen LogP contribution in [0.2, 0.25) is 0 Å². The van der Waals surface area contributed by atoms with E-state index in [4.69, 9.17) is 10.3 Å². The van der Waals surface area contributed by atoms with Crippen LogP contribution in [0.5, 0.6) is 0 Å². The summed E-state index contributed by atoms with van der Waals surface area (Å²) < 4.78 is 5.26. The second kappa shape index (κ2) is 4.86. The average Bonchev–Trinajstić information content (AvgIpc) is 3.17. The van der Waals surface area contributed by atoms with E-state index in [-0.39, 0.29) is 12.5 Å². The Morgan fingerprint density at radius 3 is 3.00 bits per heavy atom. The summed E-state index contributed by atoms with van der Waals surface area (Å²) in [5, 5.41) is 3.18. The summed E-state index contributed by atoms with van der Waals surface area (Å²) in [6.45, 7) is 1.76. The number of carbonyl (C=O) groups is 2. The van der Waals surface area contributed by atoms with Gasteiger partial charge in [-0.25, -0.2) is 15.6 Å². The van der Waals surface area contributed by atoms with Crippen molar-refractivity contribution in [1.29, 1.82) is 0 Å². The third kappa shape index (κ3) is 2.16. The van der Waals surface area contributed by atoms with Gasteiger partial charge in [0, 0.05) is 11.1 Å². The molecule has 1 aliphatic heterocycles. The molecule has 1 fully saturated rings. The number of rotatable bonds is 4. The first-order valence-corrected chi connectivity index (χ1v) is 6.95. The van der Waals surface area contributed by atoms with E-state index in [1.807, 2.05) is 0 Å². The minimum absolute atomic E-state index is 0.139. The number of anilines is 1. The maximum absolute atomic E-state index is 12.5. The van der Waals surface area contributed by atoms with Gasteiger partial charge in [0.05, 0.1) is 12.8 Å². The predicted molar refractivity (Wildman–Crippen MR) is 75.1 cm³/mol. The molecule has 0 aromatic carbocycles. The van der Waals surface area contributed by atoms with E-state index in [0.717, 1.165) is 9.78 Å². The maximum Gasteiger partial charge on any atom is 0.325 e. The fourth-order valence-electron chi connectivity index (χ4n) is 2.17. The van der Waals surface area contributed by atoms with Crippen LogP contribution < -0.4 is 16.6 Å². The van der Waals surface area contributed by atoms with Gasteiger partial charge in [-0.1, -0.05) is 11.3 Å². The normalized spacial score (nSPS) is 21.7. The van der Waals surface area contributed by atoms with E-state index in [0.29, 0.717) is 10.9 Å². The van der Waals surface area contributed by atoms with Gasteiger partial charge >= 0.3 is 6.03 Å². The molecule has 21 heavy (non-hydrogen) atoms. The average molecular weight is 307 g/mol. The summed E-state index contributed by atoms with van der Waals surface area (Å²) in [6, 6.07) is 2.87. The standard InChI is InChI=1S/C12H13N5O3S/c1-12(8-3-2-4-20-8)9(18)17(11(19)15-12)6-7-5-14-10(16-13)21-7/h2-5H,6,13H2,1H3,(H,14,16)(H,15,19). The van der Waals surface area contributed by atoms with Crippen LogP contribution in [-0.2, 0) is 16.9 Å². The Morgan fingerprint density at radius 2 is 2.38 bits per heavy atom. The maximum atomic E-state index is 12.5. The minimum atomic E-state index is -1.18. The molecule has 0 aliphatic carbocycles. The molecule has 110 valence electrons. The molecule has 1 atom stereocenters. The SMILES string of the molecule is CC1(c2ccco2)NC(=O)N(Cc2cnc(NN)s2)C1=O. The molecule has 1 unspecified atom stereocenters. The van der Waals surface area contributed by atoms with Crippen LogP contribution in [0.1, 0.15) is 17.6 Å². The van der Waals surface area contributed by atoms with Crippen LogP contribution in [-0.4, -0.2) is 21.8 Å². The first-order chi connectivity index (χ1) is 10.0.